The molecule has 7 nitrogen and oxygen atoms in total. The highest BCUT2D eigenvalue weighted by Gasteiger charge is 2.30. The Hall–Kier alpha value is -1.50. The minimum atomic E-state index is -0.458. The van der Waals surface area contributed by atoms with Crippen LogP contribution in [0.2, 0.25) is 0 Å². The van der Waals surface area contributed by atoms with Crippen molar-refractivity contribution in [3.63, 3.8) is 0 Å². The molecule has 2 aliphatic rings. The number of alkyl carbamates (subject to hydrolysis) is 1. The molecule has 1 aliphatic carbocycles. The highest BCUT2D eigenvalue weighted by atomic mass is 16.6. The van der Waals surface area contributed by atoms with Gasteiger partial charge in [0.1, 0.15) is 5.60 Å². The standard InChI is InChI=1S/C17H31N3O4/c1-17(2,3)24-15(21)18-13-5-7-14(8-6-13)19-9-11-20(12-10-19)16(22)23-4/h13-14H,5-12H2,1-4H3,(H,18,21)/t13-,14-. The van der Waals surface area contributed by atoms with Gasteiger partial charge in [-0.15, -0.1) is 0 Å². The molecule has 0 radical (unpaired) electrons. The van der Waals surface area contributed by atoms with E-state index in [-0.39, 0.29) is 18.2 Å². The van der Waals surface area contributed by atoms with Gasteiger partial charge < -0.3 is 19.7 Å². The van der Waals surface area contributed by atoms with E-state index in [2.05, 4.69) is 10.2 Å². The Balaban J connectivity index is 1.70. The van der Waals surface area contributed by atoms with Crippen LogP contribution in [0.3, 0.4) is 0 Å². The first-order chi connectivity index (χ1) is 11.3. The van der Waals surface area contributed by atoms with Gasteiger partial charge in [0, 0.05) is 38.3 Å². The average Bonchev–Trinajstić information content (AvgIpc) is 2.53. The largest absolute Gasteiger partial charge is 0.453 e. The van der Waals surface area contributed by atoms with E-state index >= 15 is 0 Å². The van der Waals surface area contributed by atoms with Crippen molar-refractivity contribution in [1.29, 1.82) is 0 Å². The zero-order valence-electron chi connectivity index (χ0n) is 15.3. The van der Waals surface area contributed by atoms with Gasteiger partial charge in [-0.1, -0.05) is 0 Å². The van der Waals surface area contributed by atoms with Crippen molar-refractivity contribution in [3.8, 4) is 0 Å². The number of hydrogen-bond acceptors (Lipinski definition) is 5. The third-order valence-electron chi connectivity index (χ3n) is 4.68. The molecule has 0 aromatic carbocycles. The molecule has 0 atom stereocenters. The van der Waals surface area contributed by atoms with Crippen molar-refractivity contribution in [2.75, 3.05) is 33.3 Å². The summed E-state index contributed by atoms with van der Waals surface area (Å²) in [5.41, 5.74) is -0.458. The summed E-state index contributed by atoms with van der Waals surface area (Å²) < 4.78 is 10.1. The van der Waals surface area contributed by atoms with E-state index < -0.39 is 5.60 Å². The molecule has 0 aromatic rings. The molecule has 0 unspecified atom stereocenters. The first-order valence-corrected chi connectivity index (χ1v) is 8.85. The molecule has 1 aliphatic heterocycles. The number of nitrogens with zero attached hydrogens (tertiary/aromatic N) is 2. The zero-order valence-corrected chi connectivity index (χ0v) is 15.3. The minimum absolute atomic E-state index is 0.201. The van der Waals surface area contributed by atoms with Crippen molar-refractivity contribution in [3.05, 3.63) is 0 Å². The van der Waals surface area contributed by atoms with Gasteiger partial charge in [-0.25, -0.2) is 9.59 Å². The van der Waals surface area contributed by atoms with Crippen LogP contribution in [-0.2, 0) is 9.47 Å². The number of rotatable bonds is 2. The number of ether oxygens (including phenoxy) is 2. The maximum Gasteiger partial charge on any atom is 0.409 e. The zero-order chi connectivity index (χ0) is 17.7. The molecule has 0 aromatic heterocycles. The summed E-state index contributed by atoms with van der Waals surface area (Å²) in [5.74, 6) is 0. The summed E-state index contributed by atoms with van der Waals surface area (Å²) in [7, 11) is 1.42. The van der Waals surface area contributed by atoms with E-state index in [1.807, 2.05) is 20.8 Å². The van der Waals surface area contributed by atoms with E-state index in [1.165, 1.54) is 7.11 Å². The van der Waals surface area contributed by atoms with Crippen molar-refractivity contribution in [2.24, 2.45) is 0 Å². The van der Waals surface area contributed by atoms with Crippen molar-refractivity contribution >= 4 is 12.2 Å². The molecule has 0 spiro atoms. The normalized spacial score (nSPS) is 25.9. The Labute approximate surface area is 144 Å². The lowest BCUT2D eigenvalue weighted by atomic mass is 9.90. The number of amides is 2. The van der Waals surface area contributed by atoms with Gasteiger partial charge >= 0.3 is 12.2 Å². The molecule has 7 heteroatoms. The van der Waals surface area contributed by atoms with E-state index in [0.717, 1.165) is 51.9 Å². The number of methoxy groups -OCH3 is 1. The number of nitrogens with one attached hydrogen (secondary N) is 1. The smallest absolute Gasteiger partial charge is 0.409 e. The molecule has 1 N–H and O–H groups in total. The van der Waals surface area contributed by atoms with Crippen LogP contribution >= 0.6 is 0 Å². The Morgan fingerprint density at radius 3 is 2.08 bits per heavy atom. The molecule has 138 valence electrons. The molecule has 1 heterocycles. The van der Waals surface area contributed by atoms with Crippen molar-refractivity contribution < 1.29 is 19.1 Å². The molecular formula is C17H31N3O4. The number of piperazine rings is 1. The molecule has 1 saturated heterocycles. The number of carbonyl (C=O) groups excluding carboxylic acids is 2. The fourth-order valence-corrected chi connectivity index (χ4v) is 3.46. The quantitative estimate of drug-likeness (QED) is 0.834. The van der Waals surface area contributed by atoms with Gasteiger partial charge in [0.05, 0.1) is 7.11 Å². The lowest BCUT2D eigenvalue weighted by Gasteiger charge is -2.41. The van der Waals surface area contributed by atoms with Crippen LogP contribution in [0, 0.1) is 0 Å². The average molecular weight is 341 g/mol. The van der Waals surface area contributed by atoms with E-state index in [9.17, 15) is 9.59 Å². The van der Waals surface area contributed by atoms with Crippen molar-refractivity contribution in [2.45, 2.75) is 64.1 Å². The predicted octanol–water partition coefficient (Wildman–Crippen LogP) is 2.21. The monoisotopic (exact) mass is 341 g/mol. The molecule has 1 saturated carbocycles. The lowest BCUT2D eigenvalue weighted by molar-refractivity contribution is 0.0447. The first-order valence-electron chi connectivity index (χ1n) is 8.85. The van der Waals surface area contributed by atoms with Crippen LogP contribution in [-0.4, -0.2) is 73.0 Å². The fourth-order valence-electron chi connectivity index (χ4n) is 3.46. The summed E-state index contributed by atoms with van der Waals surface area (Å²) in [6.45, 7) is 8.85. The minimum Gasteiger partial charge on any atom is -0.453 e. The first kappa shape index (κ1) is 18.8. The molecule has 2 rings (SSSR count). The predicted molar refractivity (Wildman–Crippen MR) is 91.0 cm³/mol. The van der Waals surface area contributed by atoms with Gasteiger partial charge in [0.15, 0.2) is 0 Å². The number of carbonyl (C=O) groups is 2. The van der Waals surface area contributed by atoms with Gasteiger partial charge in [-0.2, -0.15) is 0 Å². The summed E-state index contributed by atoms with van der Waals surface area (Å²) in [5, 5.41) is 2.98. The maximum absolute atomic E-state index is 11.8. The van der Waals surface area contributed by atoms with Crippen LogP contribution in [0.15, 0.2) is 0 Å². The highest BCUT2D eigenvalue weighted by Crippen LogP contribution is 2.24. The van der Waals surface area contributed by atoms with Crippen LogP contribution in [0.5, 0.6) is 0 Å². The van der Waals surface area contributed by atoms with Crippen LogP contribution in [0.25, 0.3) is 0 Å². The van der Waals surface area contributed by atoms with Crippen LogP contribution in [0.4, 0.5) is 9.59 Å². The summed E-state index contributed by atoms with van der Waals surface area (Å²) in [6, 6.07) is 0.744. The van der Waals surface area contributed by atoms with E-state index in [1.54, 1.807) is 4.90 Å². The van der Waals surface area contributed by atoms with Gasteiger partial charge in [0.2, 0.25) is 0 Å². The lowest BCUT2D eigenvalue weighted by Crippen LogP contribution is -2.53. The highest BCUT2D eigenvalue weighted by molar-refractivity contribution is 5.68. The maximum atomic E-state index is 11.8. The summed E-state index contributed by atoms with van der Waals surface area (Å²) >= 11 is 0. The molecular weight excluding hydrogens is 310 g/mol. The van der Waals surface area contributed by atoms with Gasteiger partial charge in [0.25, 0.3) is 0 Å². The Morgan fingerprint density at radius 2 is 1.58 bits per heavy atom. The second-order valence-corrected chi connectivity index (χ2v) is 7.64. The Morgan fingerprint density at radius 1 is 1.00 bits per heavy atom. The molecule has 2 amide bonds. The molecule has 24 heavy (non-hydrogen) atoms. The van der Waals surface area contributed by atoms with Gasteiger partial charge in [-0.05, 0) is 46.5 Å². The third kappa shape index (κ3) is 5.54. The van der Waals surface area contributed by atoms with E-state index in [0.29, 0.717) is 6.04 Å². The topological polar surface area (TPSA) is 71.1 Å². The van der Waals surface area contributed by atoms with Gasteiger partial charge in [-0.3, -0.25) is 4.90 Å². The molecule has 0 bridgehead atoms. The van der Waals surface area contributed by atoms with Crippen LogP contribution < -0.4 is 5.32 Å². The third-order valence-corrected chi connectivity index (χ3v) is 4.68. The van der Waals surface area contributed by atoms with E-state index in [4.69, 9.17) is 9.47 Å². The summed E-state index contributed by atoms with van der Waals surface area (Å²) in [6.07, 6.45) is 3.53. The van der Waals surface area contributed by atoms with Crippen LogP contribution in [0.1, 0.15) is 46.5 Å². The molecule has 2 fully saturated rings. The Kier molecular flexibility index (Phi) is 6.32. The number of hydrogen-bond donors (Lipinski definition) is 1. The summed E-state index contributed by atoms with van der Waals surface area (Å²) in [4.78, 5) is 27.6. The fraction of sp³-hybridized carbons (Fsp3) is 0.882. The van der Waals surface area contributed by atoms with Crippen molar-refractivity contribution in [1.82, 2.24) is 15.1 Å². The second-order valence-electron chi connectivity index (χ2n) is 7.64. The second kappa shape index (κ2) is 8.05. The Bertz CT molecular complexity index is 434. The SMILES string of the molecule is COC(=O)N1CCN([C@H]2CC[C@H](NC(=O)OC(C)(C)C)CC2)CC1.